The number of aromatic nitrogens is 2. The van der Waals surface area contributed by atoms with E-state index >= 15 is 0 Å². The number of piperazine rings is 1. The Morgan fingerprint density at radius 2 is 1.77 bits per heavy atom. The van der Waals surface area contributed by atoms with Crippen LogP contribution < -0.4 is 10.2 Å². The standard InChI is InChI=1S/C17H19ClF3N5/c1-11-22-15(10-16(23-11)26-7-5-25(2)6-8-26)24-12-3-4-14(18)13(9-12)17(19,20)21/h3-4,9-10H,5-8H2,1-2H3,(H,22,23,24). The average Bonchev–Trinajstić information content (AvgIpc) is 2.56. The molecule has 0 spiro atoms. The predicted molar refractivity (Wildman–Crippen MR) is 96.2 cm³/mol. The summed E-state index contributed by atoms with van der Waals surface area (Å²) in [5, 5.41) is 2.59. The molecule has 1 saturated heterocycles. The van der Waals surface area contributed by atoms with E-state index in [1.807, 2.05) is 0 Å². The SMILES string of the molecule is Cc1nc(Nc2ccc(Cl)c(C(F)(F)F)c2)cc(N2CCN(C)CC2)n1. The van der Waals surface area contributed by atoms with E-state index in [0.29, 0.717) is 11.6 Å². The van der Waals surface area contributed by atoms with Crippen molar-refractivity contribution < 1.29 is 13.2 Å². The number of hydrogen-bond donors (Lipinski definition) is 1. The molecule has 0 unspecified atom stereocenters. The van der Waals surface area contributed by atoms with Crippen LogP contribution in [0.15, 0.2) is 24.3 Å². The van der Waals surface area contributed by atoms with Crippen LogP contribution in [-0.2, 0) is 6.18 Å². The molecule has 0 atom stereocenters. The lowest BCUT2D eigenvalue weighted by Crippen LogP contribution is -2.44. The van der Waals surface area contributed by atoms with Gasteiger partial charge in [0.25, 0.3) is 0 Å². The van der Waals surface area contributed by atoms with Crippen LogP contribution in [0.2, 0.25) is 5.02 Å². The Labute approximate surface area is 154 Å². The van der Waals surface area contributed by atoms with Gasteiger partial charge in [-0.05, 0) is 32.2 Å². The smallest absolute Gasteiger partial charge is 0.354 e. The van der Waals surface area contributed by atoms with E-state index < -0.39 is 11.7 Å². The number of nitrogens with zero attached hydrogens (tertiary/aromatic N) is 4. The van der Waals surface area contributed by atoms with Crippen molar-refractivity contribution in [2.24, 2.45) is 0 Å². The van der Waals surface area contributed by atoms with E-state index in [9.17, 15) is 13.2 Å². The number of benzene rings is 1. The van der Waals surface area contributed by atoms with Crippen molar-refractivity contribution in [2.45, 2.75) is 13.1 Å². The summed E-state index contributed by atoms with van der Waals surface area (Å²) in [6.45, 7) is 5.29. The molecule has 1 fully saturated rings. The molecule has 2 heterocycles. The number of hydrogen-bond acceptors (Lipinski definition) is 5. The molecule has 3 rings (SSSR count). The fraction of sp³-hybridized carbons (Fsp3) is 0.412. The number of nitrogens with one attached hydrogen (secondary N) is 1. The molecule has 26 heavy (non-hydrogen) atoms. The third kappa shape index (κ3) is 4.37. The molecular weight excluding hydrogens is 367 g/mol. The molecular formula is C17H19ClF3N5. The maximum atomic E-state index is 13.0. The van der Waals surface area contributed by atoms with E-state index in [1.165, 1.54) is 12.1 Å². The summed E-state index contributed by atoms with van der Waals surface area (Å²) in [6, 6.07) is 5.45. The Kier molecular flexibility index (Phi) is 5.24. The zero-order valence-corrected chi connectivity index (χ0v) is 15.2. The number of likely N-dealkylation sites (N-methyl/N-ethyl adjacent to an activating group) is 1. The van der Waals surface area contributed by atoms with Crippen molar-refractivity contribution >= 4 is 28.9 Å². The molecule has 2 aromatic rings. The first-order chi connectivity index (χ1) is 12.2. The third-order valence-electron chi connectivity index (χ3n) is 4.20. The molecule has 1 aliphatic heterocycles. The minimum Gasteiger partial charge on any atom is -0.354 e. The zero-order chi connectivity index (χ0) is 18.9. The Morgan fingerprint density at radius 3 is 2.42 bits per heavy atom. The highest BCUT2D eigenvalue weighted by Crippen LogP contribution is 2.36. The monoisotopic (exact) mass is 385 g/mol. The Balaban J connectivity index is 1.84. The van der Waals surface area contributed by atoms with Crippen LogP contribution in [0.25, 0.3) is 0 Å². The van der Waals surface area contributed by atoms with Crippen LogP contribution in [0.1, 0.15) is 11.4 Å². The molecule has 0 aliphatic carbocycles. The molecule has 5 nitrogen and oxygen atoms in total. The first kappa shape index (κ1) is 18.7. The third-order valence-corrected chi connectivity index (χ3v) is 4.53. The number of aryl methyl sites for hydroxylation is 1. The molecule has 1 aliphatic rings. The van der Waals surface area contributed by atoms with Crippen molar-refractivity contribution in [2.75, 3.05) is 43.4 Å². The summed E-state index contributed by atoms with van der Waals surface area (Å²) in [6.07, 6.45) is -4.51. The van der Waals surface area contributed by atoms with Crippen LogP contribution in [0.4, 0.5) is 30.5 Å². The molecule has 1 aromatic heterocycles. The van der Waals surface area contributed by atoms with Crippen molar-refractivity contribution in [3.05, 3.63) is 40.7 Å². The van der Waals surface area contributed by atoms with E-state index in [0.717, 1.165) is 38.1 Å². The lowest BCUT2D eigenvalue weighted by atomic mass is 10.2. The Bertz CT molecular complexity index is 788. The van der Waals surface area contributed by atoms with Gasteiger partial charge in [0.15, 0.2) is 0 Å². The molecule has 140 valence electrons. The van der Waals surface area contributed by atoms with Crippen molar-refractivity contribution in [3.8, 4) is 0 Å². The van der Waals surface area contributed by atoms with Gasteiger partial charge < -0.3 is 15.1 Å². The van der Waals surface area contributed by atoms with E-state index in [1.54, 1.807) is 13.0 Å². The van der Waals surface area contributed by atoms with Gasteiger partial charge in [-0.1, -0.05) is 11.6 Å². The molecule has 0 amide bonds. The van der Waals surface area contributed by atoms with Gasteiger partial charge in [0.1, 0.15) is 17.5 Å². The van der Waals surface area contributed by atoms with E-state index in [4.69, 9.17) is 11.6 Å². The van der Waals surface area contributed by atoms with Crippen molar-refractivity contribution in [1.82, 2.24) is 14.9 Å². The first-order valence-corrected chi connectivity index (χ1v) is 8.53. The van der Waals surface area contributed by atoms with Gasteiger partial charge in [-0.25, -0.2) is 9.97 Å². The van der Waals surface area contributed by atoms with Gasteiger partial charge in [0.05, 0.1) is 10.6 Å². The van der Waals surface area contributed by atoms with Gasteiger partial charge in [-0.3, -0.25) is 0 Å². The second-order valence-electron chi connectivity index (χ2n) is 6.27. The topological polar surface area (TPSA) is 44.3 Å². The zero-order valence-electron chi connectivity index (χ0n) is 14.4. The Hall–Kier alpha value is -2.06. The lowest BCUT2D eigenvalue weighted by molar-refractivity contribution is -0.137. The summed E-state index contributed by atoms with van der Waals surface area (Å²) in [4.78, 5) is 13.1. The normalized spacial score (nSPS) is 16.0. The summed E-state index contributed by atoms with van der Waals surface area (Å²) in [7, 11) is 2.06. The highest BCUT2D eigenvalue weighted by atomic mass is 35.5. The molecule has 1 aromatic carbocycles. The van der Waals surface area contributed by atoms with Gasteiger partial charge >= 0.3 is 6.18 Å². The highest BCUT2D eigenvalue weighted by Gasteiger charge is 2.33. The maximum absolute atomic E-state index is 13.0. The molecule has 1 N–H and O–H groups in total. The van der Waals surface area contributed by atoms with Gasteiger partial charge in [0.2, 0.25) is 0 Å². The number of halogens is 4. The molecule has 0 saturated carbocycles. The van der Waals surface area contributed by atoms with Gasteiger partial charge in [0, 0.05) is 37.9 Å². The molecule has 0 radical (unpaired) electrons. The number of rotatable bonds is 3. The first-order valence-electron chi connectivity index (χ1n) is 8.15. The Morgan fingerprint density at radius 1 is 1.08 bits per heavy atom. The summed E-state index contributed by atoms with van der Waals surface area (Å²) in [5.74, 6) is 1.76. The number of anilines is 3. The molecule has 9 heteroatoms. The van der Waals surface area contributed by atoms with Crippen LogP contribution in [0.3, 0.4) is 0 Å². The predicted octanol–water partition coefficient (Wildman–Crippen LogP) is 3.95. The second kappa shape index (κ2) is 7.28. The fourth-order valence-corrected chi connectivity index (χ4v) is 3.01. The summed E-state index contributed by atoms with van der Waals surface area (Å²) in [5.41, 5.74) is -0.613. The van der Waals surface area contributed by atoms with Crippen LogP contribution in [0.5, 0.6) is 0 Å². The van der Waals surface area contributed by atoms with Gasteiger partial charge in [-0.15, -0.1) is 0 Å². The van der Waals surface area contributed by atoms with E-state index in [2.05, 4.69) is 32.1 Å². The highest BCUT2D eigenvalue weighted by molar-refractivity contribution is 6.31. The average molecular weight is 386 g/mol. The second-order valence-corrected chi connectivity index (χ2v) is 6.67. The fourth-order valence-electron chi connectivity index (χ4n) is 2.78. The van der Waals surface area contributed by atoms with Crippen molar-refractivity contribution in [1.29, 1.82) is 0 Å². The summed E-state index contributed by atoms with van der Waals surface area (Å²) < 4.78 is 39.1. The largest absolute Gasteiger partial charge is 0.417 e. The van der Waals surface area contributed by atoms with Crippen molar-refractivity contribution in [3.63, 3.8) is 0 Å². The minimum atomic E-state index is -4.51. The van der Waals surface area contributed by atoms with Crippen LogP contribution in [0, 0.1) is 6.92 Å². The van der Waals surface area contributed by atoms with E-state index in [-0.39, 0.29) is 10.7 Å². The van der Waals surface area contributed by atoms with Crippen LogP contribution in [-0.4, -0.2) is 48.1 Å². The number of alkyl halides is 3. The maximum Gasteiger partial charge on any atom is 0.417 e. The lowest BCUT2D eigenvalue weighted by Gasteiger charge is -2.33. The summed E-state index contributed by atoms with van der Waals surface area (Å²) >= 11 is 5.66. The quantitative estimate of drug-likeness (QED) is 0.866. The minimum absolute atomic E-state index is 0.268. The molecule has 0 bridgehead atoms. The van der Waals surface area contributed by atoms with Crippen LogP contribution >= 0.6 is 11.6 Å². The van der Waals surface area contributed by atoms with Gasteiger partial charge in [-0.2, -0.15) is 13.2 Å².